The van der Waals surface area contributed by atoms with Gasteiger partial charge >= 0.3 is 5.91 Å². The van der Waals surface area contributed by atoms with E-state index in [-0.39, 0.29) is 11.7 Å². The molecule has 8 heteroatoms. The average Bonchev–Trinajstić information content (AvgIpc) is 3.07. The highest BCUT2D eigenvalue weighted by Crippen LogP contribution is 2.30. The van der Waals surface area contributed by atoms with Gasteiger partial charge in [-0.05, 0) is 51.1 Å². The molecule has 0 bridgehead atoms. The Kier molecular flexibility index (Phi) is 5.64. The molecule has 29 heavy (non-hydrogen) atoms. The van der Waals surface area contributed by atoms with Gasteiger partial charge in [0.05, 0.1) is 11.4 Å². The molecule has 1 aliphatic heterocycles. The van der Waals surface area contributed by atoms with Gasteiger partial charge in [-0.25, -0.2) is 9.40 Å². The number of aryl methyl sites for hydroxylation is 1. The number of hydrogen-bond acceptors (Lipinski definition) is 6. The topological polar surface area (TPSA) is 73.1 Å². The number of anilines is 1. The minimum atomic E-state index is -0.287. The number of carbonyl (C=O) groups is 1. The normalized spacial score (nSPS) is 19.2. The van der Waals surface area contributed by atoms with Crippen LogP contribution in [0.4, 0.5) is 10.1 Å². The van der Waals surface area contributed by atoms with E-state index in [9.17, 15) is 9.18 Å². The van der Waals surface area contributed by atoms with Crippen LogP contribution in [0.25, 0.3) is 0 Å². The summed E-state index contributed by atoms with van der Waals surface area (Å²) in [7, 11) is 2.07. The van der Waals surface area contributed by atoms with Crippen molar-refractivity contribution >= 4 is 17.3 Å². The van der Waals surface area contributed by atoms with E-state index < -0.39 is 0 Å². The first-order chi connectivity index (χ1) is 14.0. The van der Waals surface area contributed by atoms with Crippen LogP contribution in [0.15, 0.2) is 33.8 Å². The molecule has 1 saturated heterocycles. The minimum Gasteiger partial charge on any atom is -0.455 e. The van der Waals surface area contributed by atoms with E-state index in [1.807, 2.05) is 11.9 Å². The second-order valence-corrected chi connectivity index (χ2v) is 7.62. The summed E-state index contributed by atoms with van der Waals surface area (Å²) in [4.78, 5) is 15.0. The van der Waals surface area contributed by atoms with Crippen LogP contribution < -0.4 is 10.9 Å². The number of halogens is 1. The molecule has 1 aromatic heterocycles. The SMILES string of the molecule is Cc1c(C(=O)NN2CCN(C)CC2)oc2c1/C(=N/Nc1ccc(F)cc1)CCC2. The van der Waals surface area contributed by atoms with Gasteiger partial charge in [-0.1, -0.05) is 0 Å². The fraction of sp³-hybridized carbons (Fsp3) is 0.429. The summed E-state index contributed by atoms with van der Waals surface area (Å²) in [5.74, 6) is 0.652. The molecule has 2 aliphatic rings. The number of furan rings is 1. The lowest BCUT2D eigenvalue weighted by atomic mass is 9.93. The zero-order valence-corrected chi connectivity index (χ0v) is 16.8. The van der Waals surface area contributed by atoms with E-state index >= 15 is 0 Å². The van der Waals surface area contributed by atoms with Crippen LogP contribution in [0.3, 0.4) is 0 Å². The maximum Gasteiger partial charge on any atom is 0.301 e. The van der Waals surface area contributed by atoms with Crippen LogP contribution >= 0.6 is 0 Å². The summed E-state index contributed by atoms with van der Waals surface area (Å²) in [6.45, 7) is 5.31. The van der Waals surface area contributed by atoms with Crippen molar-refractivity contribution in [2.45, 2.75) is 26.2 Å². The van der Waals surface area contributed by atoms with Crippen LogP contribution in [0.1, 0.15) is 40.3 Å². The molecule has 0 spiro atoms. The van der Waals surface area contributed by atoms with Gasteiger partial charge in [0.2, 0.25) is 0 Å². The Bertz CT molecular complexity index is 914. The number of carbonyl (C=O) groups excluding carboxylic acids is 1. The lowest BCUT2D eigenvalue weighted by Gasteiger charge is -2.32. The summed E-state index contributed by atoms with van der Waals surface area (Å²) < 4.78 is 19.0. The van der Waals surface area contributed by atoms with Gasteiger partial charge in [-0.2, -0.15) is 5.10 Å². The summed E-state index contributed by atoms with van der Waals surface area (Å²) in [6, 6.07) is 6.05. The number of likely N-dealkylation sites (N-methyl/N-ethyl adjacent to an activating group) is 1. The number of amides is 1. The smallest absolute Gasteiger partial charge is 0.301 e. The fourth-order valence-electron chi connectivity index (χ4n) is 3.77. The van der Waals surface area contributed by atoms with E-state index in [4.69, 9.17) is 4.42 Å². The van der Waals surface area contributed by atoms with Crippen molar-refractivity contribution in [2.75, 3.05) is 38.7 Å². The van der Waals surface area contributed by atoms with Crippen molar-refractivity contribution in [3.05, 3.63) is 52.7 Å². The first-order valence-electron chi connectivity index (χ1n) is 9.96. The number of benzene rings is 1. The van der Waals surface area contributed by atoms with Crippen molar-refractivity contribution < 1.29 is 13.6 Å². The molecular weight excluding hydrogens is 373 g/mol. The van der Waals surface area contributed by atoms with Crippen LogP contribution in [0, 0.1) is 12.7 Å². The maximum absolute atomic E-state index is 13.1. The first-order valence-corrected chi connectivity index (χ1v) is 9.96. The molecule has 0 radical (unpaired) electrons. The predicted octanol–water partition coefficient (Wildman–Crippen LogP) is 2.77. The number of hydrazone groups is 1. The number of piperazine rings is 1. The Balaban J connectivity index is 1.51. The minimum absolute atomic E-state index is 0.215. The predicted molar refractivity (Wildman–Crippen MR) is 109 cm³/mol. The van der Waals surface area contributed by atoms with Gasteiger partial charge in [0.15, 0.2) is 5.76 Å². The molecule has 0 saturated carbocycles. The lowest BCUT2D eigenvalue weighted by molar-refractivity contribution is 0.0634. The third kappa shape index (κ3) is 4.33. The molecule has 1 aliphatic carbocycles. The number of fused-ring (bicyclic) bond motifs is 1. The summed E-state index contributed by atoms with van der Waals surface area (Å²) >= 11 is 0. The summed E-state index contributed by atoms with van der Waals surface area (Å²) in [6.07, 6.45) is 2.48. The van der Waals surface area contributed by atoms with Crippen LogP contribution in [-0.2, 0) is 6.42 Å². The van der Waals surface area contributed by atoms with Gasteiger partial charge in [0, 0.05) is 43.7 Å². The average molecular weight is 399 g/mol. The van der Waals surface area contributed by atoms with Gasteiger partial charge in [-0.15, -0.1) is 0 Å². The Morgan fingerprint density at radius 1 is 1.14 bits per heavy atom. The molecule has 2 N–H and O–H groups in total. The monoisotopic (exact) mass is 399 g/mol. The number of rotatable bonds is 4. The molecule has 0 atom stereocenters. The van der Waals surface area contributed by atoms with Crippen LogP contribution in [0.5, 0.6) is 0 Å². The molecule has 4 rings (SSSR count). The fourth-order valence-corrected chi connectivity index (χ4v) is 3.77. The largest absolute Gasteiger partial charge is 0.455 e. The molecular formula is C21H26FN5O2. The molecule has 1 amide bonds. The molecule has 2 heterocycles. The van der Waals surface area contributed by atoms with Crippen molar-refractivity contribution in [1.29, 1.82) is 0 Å². The van der Waals surface area contributed by atoms with E-state index in [1.165, 1.54) is 12.1 Å². The number of hydrazine groups is 1. The van der Waals surface area contributed by atoms with Crippen molar-refractivity contribution in [2.24, 2.45) is 5.10 Å². The highest BCUT2D eigenvalue weighted by atomic mass is 19.1. The highest BCUT2D eigenvalue weighted by Gasteiger charge is 2.29. The second kappa shape index (κ2) is 8.34. The molecule has 154 valence electrons. The third-order valence-corrected chi connectivity index (χ3v) is 5.46. The standard InChI is InChI=1S/C21H26FN5O2/c1-14-19-17(24-23-16-8-6-15(22)7-9-16)4-3-5-18(19)29-20(14)21(28)25-27-12-10-26(2)11-13-27/h6-9,23H,3-5,10-13H2,1-2H3,(H,25,28)/b24-17+. The van der Waals surface area contributed by atoms with Crippen LogP contribution in [0.2, 0.25) is 0 Å². The maximum atomic E-state index is 13.1. The van der Waals surface area contributed by atoms with E-state index in [0.717, 1.165) is 68.0 Å². The summed E-state index contributed by atoms with van der Waals surface area (Å²) in [5.41, 5.74) is 9.24. The van der Waals surface area contributed by atoms with Crippen LogP contribution in [-0.4, -0.2) is 54.8 Å². The van der Waals surface area contributed by atoms with Gasteiger partial charge in [0.1, 0.15) is 11.6 Å². The molecule has 1 aromatic carbocycles. The van der Waals surface area contributed by atoms with Crippen molar-refractivity contribution in [3.8, 4) is 0 Å². The number of nitrogens with zero attached hydrogens (tertiary/aromatic N) is 3. The molecule has 7 nitrogen and oxygen atoms in total. The highest BCUT2D eigenvalue weighted by molar-refractivity contribution is 6.06. The Morgan fingerprint density at radius 3 is 2.59 bits per heavy atom. The van der Waals surface area contributed by atoms with E-state index in [1.54, 1.807) is 12.1 Å². The van der Waals surface area contributed by atoms with Gasteiger partial charge in [-0.3, -0.25) is 15.6 Å². The Morgan fingerprint density at radius 2 is 1.86 bits per heavy atom. The van der Waals surface area contributed by atoms with Gasteiger partial charge < -0.3 is 9.32 Å². The van der Waals surface area contributed by atoms with E-state index in [0.29, 0.717) is 11.4 Å². The number of nitrogens with one attached hydrogen (secondary N) is 2. The Labute approximate surface area is 169 Å². The lowest BCUT2D eigenvalue weighted by Crippen LogP contribution is -2.52. The first kappa shape index (κ1) is 19.6. The van der Waals surface area contributed by atoms with Crippen molar-refractivity contribution in [3.63, 3.8) is 0 Å². The zero-order valence-electron chi connectivity index (χ0n) is 16.8. The van der Waals surface area contributed by atoms with Crippen molar-refractivity contribution in [1.82, 2.24) is 15.3 Å². The molecule has 0 unspecified atom stereocenters. The molecule has 2 aromatic rings. The van der Waals surface area contributed by atoms with Gasteiger partial charge in [0.25, 0.3) is 0 Å². The summed E-state index contributed by atoms with van der Waals surface area (Å²) in [5, 5.41) is 6.46. The molecule has 1 fully saturated rings. The third-order valence-electron chi connectivity index (χ3n) is 5.46. The zero-order chi connectivity index (χ0) is 20.4. The quantitative estimate of drug-likeness (QED) is 0.774. The Hall–Kier alpha value is -2.71. The second-order valence-electron chi connectivity index (χ2n) is 7.62. The van der Waals surface area contributed by atoms with E-state index in [2.05, 4.69) is 27.9 Å². The number of hydrogen-bond donors (Lipinski definition) is 2.